The van der Waals surface area contributed by atoms with Crippen LogP contribution < -0.4 is 0 Å². The van der Waals surface area contributed by atoms with Crippen molar-refractivity contribution in [1.29, 1.82) is 0 Å². The highest BCUT2D eigenvalue weighted by Crippen LogP contribution is 2.25. The molecule has 2 heterocycles. The van der Waals surface area contributed by atoms with Gasteiger partial charge in [0.1, 0.15) is 0 Å². The van der Waals surface area contributed by atoms with Crippen molar-refractivity contribution in [2.24, 2.45) is 11.8 Å². The predicted molar refractivity (Wildman–Crippen MR) is 103 cm³/mol. The summed E-state index contributed by atoms with van der Waals surface area (Å²) in [6, 6.07) is 7.64. The van der Waals surface area contributed by atoms with E-state index in [1.54, 1.807) is 4.31 Å². The predicted octanol–water partition coefficient (Wildman–Crippen LogP) is 2.80. The second-order valence-electron chi connectivity index (χ2n) is 7.95. The second kappa shape index (κ2) is 8.09. The third-order valence-corrected chi connectivity index (χ3v) is 7.45. The van der Waals surface area contributed by atoms with Crippen LogP contribution in [-0.2, 0) is 20.6 Å². The van der Waals surface area contributed by atoms with Crippen molar-refractivity contribution in [3.8, 4) is 0 Å². The fraction of sp³-hybridized carbons (Fsp3) is 0.650. The van der Waals surface area contributed by atoms with E-state index in [4.69, 9.17) is 0 Å². The lowest BCUT2D eigenvalue weighted by molar-refractivity contribution is -0.138. The number of hydrogen-bond acceptors (Lipinski definition) is 3. The van der Waals surface area contributed by atoms with E-state index >= 15 is 0 Å². The van der Waals surface area contributed by atoms with Gasteiger partial charge in [0.2, 0.25) is 15.9 Å². The number of rotatable bonds is 4. The SMILES string of the molecule is Cc1cccc(CS(=O)(=O)N2CCC(C(=O)N3CCC[C@@H](C)C3)CC2)c1. The first-order chi connectivity index (χ1) is 12.3. The third kappa shape index (κ3) is 4.65. The molecule has 6 heteroatoms. The van der Waals surface area contributed by atoms with Crippen molar-refractivity contribution >= 4 is 15.9 Å². The Morgan fingerprint density at radius 2 is 1.88 bits per heavy atom. The van der Waals surface area contributed by atoms with Crippen LogP contribution in [0.1, 0.15) is 43.7 Å². The molecule has 1 aromatic rings. The summed E-state index contributed by atoms with van der Waals surface area (Å²) in [4.78, 5) is 14.7. The maximum atomic E-state index is 12.7. The summed E-state index contributed by atoms with van der Waals surface area (Å²) in [7, 11) is -3.33. The smallest absolute Gasteiger partial charge is 0.225 e. The molecule has 0 radical (unpaired) electrons. The fourth-order valence-corrected chi connectivity index (χ4v) is 5.68. The van der Waals surface area contributed by atoms with Gasteiger partial charge in [-0.3, -0.25) is 4.79 Å². The summed E-state index contributed by atoms with van der Waals surface area (Å²) in [5, 5.41) is 0. The first-order valence-corrected chi connectivity index (χ1v) is 11.3. The number of hydrogen-bond donors (Lipinski definition) is 0. The monoisotopic (exact) mass is 378 g/mol. The minimum Gasteiger partial charge on any atom is -0.342 e. The van der Waals surface area contributed by atoms with Crippen LogP contribution in [0.5, 0.6) is 0 Å². The Morgan fingerprint density at radius 1 is 1.15 bits per heavy atom. The van der Waals surface area contributed by atoms with Gasteiger partial charge in [0.25, 0.3) is 0 Å². The van der Waals surface area contributed by atoms with Crippen molar-refractivity contribution in [3.63, 3.8) is 0 Å². The molecule has 2 saturated heterocycles. The van der Waals surface area contributed by atoms with Crippen molar-refractivity contribution in [2.75, 3.05) is 26.2 Å². The Labute approximate surface area is 157 Å². The topological polar surface area (TPSA) is 57.7 Å². The number of piperidine rings is 2. The highest BCUT2D eigenvalue weighted by atomic mass is 32.2. The number of carbonyl (C=O) groups is 1. The molecule has 3 rings (SSSR count). The molecule has 0 saturated carbocycles. The summed E-state index contributed by atoms with van der Waals surface area (Å²) in [6.45, 7) is 6.77. The quantitative estimate of drug-likeness (QED) is 0.809. The highest BCUT2D eigenvalue weighted by Gasteiger charge is 2.34. The van der Waals surface area contributed by atoms with Gasteiger partial charge in [-0.25, -0.2) is 12.7 Å². The van der Waals surface area contributed by atoms with Gasteiger partial charge in [0.15, 0.2) is 0 Å². The summed E-state index contributed by atoms with van der Waals surface area (Å²) in [5.41, 5.74) is 1.89. The van der Waals surface area contributed by atoms with Crippen molar-refractivity contribution in [1.82, 2.24) is 9.21 Å². The van der Waals surface area contributed by atoms with E-state index in [-0.39, 0.29) is 17.6 Å². The number of nitrogens with zero attached hydrogens (tertiary/aromatic N) is 2. The molecule has 144 valence electrons. The van der Waals surface area contributed by atoms with Gasteiger partial charge in [0.05, 0.1) is 5.75 Å². The molecule has 1 amide bonds. The summed E-state index contributed by atoms with van der Waals surface area (Å²) in [6.07, 6.45) is 3.55. The first-order valence-electron chi connectivity index (χ1n) is 9.67. The van der Waals surface area contributed by atoms with Gasteiger partial charge in [-0.05, 0) is 44.1 Å². The zero-order valence-corrected chi connectivity index (χ0v) is 16.7. The summed E-state index contributed by atoms with van der Waals surface area (Å²) in [5.74, 6) is 0.817. The molecule has 26 heavy (non-hydrogen) atoms. The van der Waals surface area contributed by atoms with Gasteiger partial charge in [0, 0.05) is 32.1 Å². The maximum Gasteiger partial charge on any atom is 0.225 e. The largest absolute Gasteiger partial charge is 0.342 e. The van der Waals surface area contributed by atoms with Crippen LogP contribution in [-0.4, -0.2) is 49.7 Å². The Morgan fingerprint density at radius 3 is 2.54 bits per heavy atom. The third-order valence-electron chi connectivity index (χ3n) is 5.60. The number of carbonyl (C=O) groups excluding carboxylic acids is 1. The van der Waals surface area contributed by atoms with Crippen LogP contribution in [0.2, 0.25) is 0 Å². The molecule has 0 aromatic heterocycles. The number of aryl methyl sites for hydroxylation is 1. The molecule has 1 aromatic carbocycles. The average molecular weight is 379 g/mol. The molecule has 2 aliphatic rings. The molecular formula is C20H30N2O3S. The molecule has 0 N–H and O–H groups in total. The minimum atomic E-state index is -3.33. The molecule has 0 aliphatic carbocycles. The van der Waals surface area contributed by atoms with Crippen LogP contribution in [0.25, 0.3) is 0 Å². The molecular weight excluding hydrogens is 348 g/mol. The van der Waals surface area contributed by atoms with Gasteiger partial charge >= 0.3 is 0 Å². The molecule has 0 bridgehead atoms. The van der Waals surface area contributed by atoms with Crippen LogP contribution in [0, 0.1) is 18.8 Å². The minimum absolute atomic E-state index is 0.0225. The van der Waals surface area contributed by atoms with Crippen molar-refractivity contribution < 1.29 is 13.2 Å². The zero-order valence-electron chi connectivity index (χ0n) is 15.9. The van der Waals surface area contributed by atoms with Crippen LogP contribution in [0.3, 0.4) is 0 Å². The van der Waals surface area contributed by atoms with E-state index in [9.17, 15) is 13.2 Å². The van der Waals surface area contributed by atoms with Crippen LogP contribution in [0.15, 0.2) is 24.3 Å². The Balaban J connectivity index is 1.56. The van der Waals surface area contributed by atoms with Crippen molar-refractivity contribution in [2.45, 2.75) is 45.3 Å². The Bertz CT molecular complexity index is 739. The summed E-state index contributed by atoms with van der Waals surface area (Å²) >= 11 is 0. The summed E-state index contributed by atoms with van der Waals surface area (Å²) < 4.78 is 27.0. The highest BCUT2D eigenvalue weighted by molar-refractivity contribution is 7.88. The number of amides is 1. The Hall–Kier alpha value is -1.40. The zero-order chi connectivity index (χ0) is 18.7. The molecule has 5 nitrogen and oxygen atoms in total. The molecule has 1 atom stereocenters. The normalized spacial score (nSPS) is 23.2. The Kier molecular flexibility index (Phi) is 6.03. The maximum absolute atomic E-state index is 12.7. The molecule has 0 unspecified atom stereocenters. The van der Waals surface area contributed by atoms with E-state index in [0.717, 1.165) is 30.6 Å². The van der Waals surface area contributed by atoms with Gasteiger partial charge in [-0.2, -0.15) is 0 Å². The molecule has 2 aliphatic heterocycles. The lowest BCUT2D eigenvalue weighted by Crippen LogP contribution is -2.47. The van der Waals surface area contributed by atoms with Gasteiger partial charge in [-0.15, -0.1) is 0 Å². The van der Waals surface area contributed by atoms with Crippen LogP contribution >= 0.6 is 0 Å². The molecule has 0 spiro atoms. The van der Waals surface area contributed by atoms with Crippen molar-refractivity contribution in [3.05, 3.63) is 35.4 Å². The first kappa shape index (κ1) is 19.4. The molecule has 2 fully saturated rings. The fourth-order valence-electron chi connectivity index (χ4n) is 4.13. The number of sulfonamides is 1. The number of likely N-dealkylation sites (tertiary alicyclic amines) is 1. The number of benzene rings is 1. The standard InChI is InChI=1S/C20H30N2O3S/c1-16-5-3-7-18(13-16)15-26(24,25)22-11-8-19(9-12-22)20(23)21-10-4-6-17(2)14-21/h3,5,7,13,17,19H,4,6,8-12,14-15H2,1-2H3/t17-/m1/s1. The van der Waals surface area contributed by atoms with Gasteiger partial charge in [-0.1, -0.05) is 36.8 Å². The lowest BCUT2D eigenvalue weighted by atomic mass is 9.93. The van der Waals surface area contributed by atoms with E-state index in [1.165, 1.54) is 6.42 Å². The van der Waals surface area contributed by atoms with E-state index < -0.39 is 10.0 Å². The second-order valence-corrected chi connectivity index (χ2v) is 9.92. The average Bonchev–Trinajstić information content (AvgIpc) is 2.61. The van der Waals surface area contributed by atoms with Gasteiger partial charge < -0.3 is 4.90 Å². The van der Waals surface area contributed by atoms with Crippen LogP contribution in [0.4, 0.5) is 0 Å². The van der Waals surface area contributed by atoms with E-state index in [1.807, 2.05) is 36.1 Å². The lowest BCUT2D eigenvalue weighted by Gasteiger charge is -2.36. The van der Waals surface area contributed by atoms with E-state index in [2.05, 4.69) is 6.92 Å². The van der Waals surface area contributed by atoms with E-state index in [0.29, 0.717) is 31.8 Å².